The Morgan fingerprint density at radius 1 is 0.750 bits per heavy atom. The molecule has 1 fully saturated rings. The van der Waals surface area contributed by atoms with Crippen molar-refractivity contribution >= 4 is 7.60 Å². The fourth-order valence-electron chi connectivity index (χ4n) is 4.09. The van der Waals surface area contributed by atoms with Crippen LogP contribution in [0.1, 0.15) is 70.6 Å². The predicted molar refractivity (Wildman–Crippen MR) is 99.3 cm³/mol. The molecule has 3 aliphatic rings. The highest BCUT2D eigenvalue weighted by atomic mass is 31.2. The maximum absolute atomic E-state index is 13.6. The first-order chi connectivity index (χ1) is 11.8. The first-order valence-corrected chi connectivity index (χ1v) is 11.6. The molecule has 0 saturated heterocycles. The number of allylic oxidation sites excluding steroid dienone is 2. The van der Waals surface area contributed by atoms with Gasteiger partial charge in [-0.25, -0.2) is 0 Å². The lowest BCUT2D eigenvalue weighted by atomic mass is 9.97. The fourth-order valence-corrected chi connectivity index (χ4v) is 6.38. The highest BCUT2D eigenvalue weighted by molar-refractivity contribution is 7.54. The van der Waals surface area contributed by atoms with Crippen LogP contribution < -0.4 is 0 Å². The molecule has 24 heavy (non-hydrogen) atoms. The Bertz CT molecular complexity index is 447. The molecule has 2 unspecified atom stereocenters. The van der Waals surface area contributed by atoms with Crippen LogP contribution in [0.15, 0.2) is 24.3 Å². The molecule has 0 aromatic heterocycles. The molecule has 3 aliphatic carbocycles. The third-order valence-corrected chi connectivity index (χ3v) is 8.10. The van der Waals surface area contributed by atoms with E-state index in [0.717, 1.165) is 38.5 Å². The van der Waals surface area contributed by atoms with Gasteiger partial charge < -0.3 is 9.05 Å². The zero-order valence-electron chi connectivity index (χ0n) is 14.9. The third kappa shape index (κ3) is 5.31. The molecule has 0 aliphatic heterocycles. The van der Waals surface area contributed by atoms with E-state index < -0.39 is 7.60 Å². The Hall–Kier alpha value is -0.370. The van der Waals surface area contributed by atoms with Crippen LogP contribution in [0.25, 0.3) is 0 Å². The Morgan fingerprint density at radius 3 is 1.75 bits per heavy atom. The summed E-state index contributed by atoms with van der Waals surface area (Å²) < 4.78 is 25.7. The summed E-state index contributed by atoms with van der Waals surface area (Å²) in [7, 11) is -3.00. The second-order valence-electron chi connectivity index (χ2n) is 7.66. The minimum absolute atomic E-state index is 0.117. The molecular weight excluding hydrogens is 319 g/mol. The van der Waals surface area contributed by atoms with Crippen molar-refractivity contribution in [2.75, 3.05) is 13.2 Å². The van der Waals surface area contributed by atoms with Gasteiger partial charge in [0.15, 0.2) is 0 Å². The summed E-state index contributed by atoms with van der Waals surface area (Å²) in [6, 6.07) is 0. The van der Waals surface area contributed by atoms with Gasteiger partial charge in [-0.2, -0.15) is 0 Å². The van der Waals surface area contributed by atoms with Crippen LogP contribution in [0, 0.1) is 11.8 Å². The first kappa shape index (κ1) is 18.4. The van der Waals surface area contributed by atoms with E-state index in [0.29, 0.717) is 25.0 Å². The molecule has 3 nitrogen and oxygen atoms in total. The van der Waals surface area contributed by atoms with Crippen molar-refractivity contribution in [2.24, 2.45) is 11.8 Å². The fraction of sp³-hybridized carbons (Fsp3) is 0.800. The van der Waals surface area contributed by atoms with Gasteiger partial charge in [-0.3, -0.25) is 4.57 Å². The molecule has 3 rings (SSSR count). The first-order valence-electron chi connectivity index (χ1n) is 9.98. The molecule has 0 aromatic carbocycles. The average molecular weight is 352 g/mol. The Kier molecular flexibility index (Phi) is 7.19. The summed E-state index contributed by atoms with van der Waals surface area (Å²) >= 11 is 0. The molecule has 0 spiro atoms. The van der Waals surface area contributed by atoms with E-state index >= 15 is 0 Å². The molecule has 136 valence electrons. The van der Waals surface area contributed by atoms with Crippen molar-refractivity contribution in [1.82, 2.24) is 0 Å². The van der Waals surface area contributed by atoms with Crippen LogP contribution >= 0.6 is 7.60 Å². The van der Waals surface area contributed by atoms with E-state index in [1.54, 1.807) is 0 Å². The van der Waals surface area contributed by atoms with Gasteiger partial charge in [0, 0.05) is 11.8 Å². The molecular formula is C20H33O3P. The van der Waals surface area contributed by atoms with E-state index in [9.17, 15) is 4.57 Å². The van der Waals surface area contributed by atoms with Crippen LogP contribution in [0.3, 0.4) is 0 Å². The van der Waals surface area contributed by atoms with Crippen LogP contribution in [-0.2, 0) is 13.6 Å². The van der Waals surface area contributed by atoms with Gasteiger partial charge in [0.1, 0.15) is 0 Å². The number of hydrogen-bond donors (Lipinski definition) is 0. The van der Waals surface area contributed by atoms with Crippen LogP contribution in [-0.4, -0.2) is 18.9 Å². The molecule has 0 heterocycles. The second-order valence-corrected chi connectivity index (χ2v) is 9.99. The number of hydrogen-bond acceptors (Lipinski definition) is 3. The van der Waals surface area contributed by atoms with Gasteiger partial charge in [-0.15, -0.1) is 0 Å². The van der Waals surface area contributed by atoms with Crippen molar-refractivity contribution in [3.05, 3.63) is 24.3 Å². The van der Waals surface area contributed by atoms with Crippen molar-refractivity contribution in [3.8, 4) is 0 Å². The summed E-state index contributed by atoms with van der Waals surface area (Å²) in [5, 5.41) is 0. The molecule has 0 amide bonds. The number of rotatable bonds is 7. The van der Waals surface area contributed by atoms with Gasteiger partial charge in [0.2, 0.25) is 0 Å². The molecule has 2 atom stereocenters. The largest absolute Gasteiger partial charge is 0.333 e. The molecule has 4 heteroatoms. The summed E-state index contributed by atoms with van der Waals surface area (Å²) in [6.45, 7) is 1.12. The summed E-state index contributed by atoms with van der Waals surface area (Å²) in [6.07, 6.45) is 21.6. The molecule has 0 aromatic rings. The highest BCUT2D eigenvalue weighted by Gasteiger charge is 2.37. The molecule has 0 bridgehead atoms. The average Bonchev–Trinajstić information content (AvgIpc) is 2.67. The maximum Gasteiger partial charge on any atom is 0.333 e. The van der Waals surface area contributed by atoms with Gasteiger partial charge >= 0.3 is 7.60 Å². The Morgan fingerprint density at radius 2 is 1.29 bits per heavy atom. The zero-order chi connectivity index (χ0) is 16.7. The van der Waals surface area contributed by atoms with Gasteiger partial charge in [-0.05, 0) is 51.4 Å². The molecule has 1 saturated carbocycles. The van der Waals surface area contributed by atoms with Crippen molar-refractivity contribution in [3.63, 3.8) is 0 Å². The summed E-state index contributed by atoms with van der Waals surface area (Å²) in [5.74, 6) is 0.822. The van der Waals surface area contributed by atoms with Crippen LogP contribution in [0.5, 0.6) is 0 Å². The van der Waals surface area contributed by atoms with Crippen LogP contribution in [0.2, 0.25) is 0 Å². The predicted octanol–water partition coefficient (Wildman–Crippen LogP) is 6.26. The SMILES string of the molecule is O=P(OCC1C=CCCC1)(OCC1C=CCCC1)C1CCCCC1. The van der Waals surface area contributed by atoms with Gasteiger partial charge in [-0.1, -0.05) is 43.6 Å². The lowest BCUT2D eigenvalue weighted by Gasteiger charge is -2.31. The minimum Gasteiger partial charge on any atom is -0.308 e. The third-order valence-electron chi connectivity index (χ3n) is 5.67. The zero-order valence-corrected chi connectivity index (χ0v) is 15.8. The quantitative estimate of drug-likeness (QED) is 0.401. The van der Waals surface area contributed by atoms with E-state index in [1.165, 1.54) is 32.1 Å². The van der Waals surface area contributed by atoms with Crippen molar-refractivity contribution in [2.45, 2.75) is 76.3 Å². The van der Waals surface area contributed by atoms with E-state index in [4.69, 9.17) is 9.05 Å². The van der Waals surface area contributed by atoms with Crippen LogP contribution in [0.4, 0.5) is 0 Å². The topological polar surface area (TPSA) is 35.5 Å². The minimum atomic E-state index is -3.00. The maximum atomic E-state index is 13.6. The van der Waals surface area contributed by atoms with Gasteiger partial charge in [0.05, 0.1) is 18.9 Å². The normalized spacial score (nSPS) is 31.0. The smallest absolute Gasteiger partial charge is 0.308 e. The van der Waals surface area contributed by atoms with Crippen molar-refractivity contribution in [1.29, 1.82) is 0 Å². The lowest BCUT2D eigenvalue weighted by Crippen LogP contribution is -2.21. The molecule has 0 N–H and O–H groups in total. The Balaban J connectivity index is 1.59. The highest BCUT2D eigenvalue weighted by Crippen LogP contribution is 2.58. The van der Waals surface area contributed by atoms with Gasteiger partial charge in [0.25, 0.3) is 0 Å². The van der Waals surface area contributed by atoms with E-state index in [1.807, 2.05) is 0 Å². The van der Waals surface area contributed by atoms with E-state index in [-0.39, 0.29) is 5.66 Å². The monoisotopic (exact) mass is 352 g/mol. The molecule has 0 radical (unpaired) electrons. The standard InChI is InChI=1S/C20H33O3P/c21-24(20-14-8-3-9-15-20,22-16-18-10-4-1-5-11-18)23-17-19-12-6-2-7-13-19/h4,6,10,12,18-20H,1-3,5,7-9,11,13-17H2. The van der Waals surface area contributed by atoms with E-state index in [2.05, 4.69) is 24.3 Å². The van der Waals surface area contributed by atoms with Crippen molar-refractivity contribution < 1.29 is 13.6 Å². The Labute approximate surface area is 147 Å². The second kappa shape index (κ2) is 9.36. The lowest BCUT2D eigenvalue weighted by molar-refractivity contribution is 0.160. The summed E-state index contributed by atoms with van der Waals surface area (Å²) in [5.41, 5.74) is 0.117. The summed E-state index contributed by atoms with van der Waals surface area (Å²) in [4.78, 5) is 0.